The summed E-state index contributed by atoms with van der Waals surface area (Å²) in [5.74, 6) is 0.166. The van der Waals surface area contributed by atoms with E-state index in [4.69, 9.17) is 0 Å². The minimum Gasteiger partial charge on any atom is -0.507 e. The lowest BCUT2D eigenvalue weighted by molar-refractivity contribution is 0.0761. The highest BCUT2D eigenvalue weighted by Crippen LogP contribution is 2.36. The normalized spacial score (nSPS) is 12.3. The Kier molecular flexibility index (Phi) is 2.01. The van der Waals surface area contributed by atoms with Gasteiger partial charge in [0.25, 0.3) is 0 Å². The summed E-state index contributed by atoms with van der Waals surface area (Å²) < 4.78 is 0. The third-order valence-corrected chi connectivity index (χ3v) is 2.68. The zero-order valence-corrected chi connectivity index (χ0v) is 9.13. The molecule has 80 valence electrons. The summed E-state index contributed by atoms with van der Waals surface area (Å²) >= 11 is 0. The maximum absolute atomic E-state index is 10.1. The van der Waals surface area contributed by atoms with E-state index >= 15 is 0 Å². The monoisotopic (exact) mass is 205 g/mol. The molecule has 0 bridgehead atoms. The third-order valence-electron chi connectivity index (χ3n) is 2.68. The lowest BCUT2D eigenvalue weighted by Crippen LogP contribution is -2.15. The van der Waals surface area contributed by atoms with E-state index in [2.05, 4.69) is 4.98 Å². The van der Waals surface area contributed by atoms with Gasteiger partial charge < -0.3 is 15.2 Å². The predicted molar refractivity (Wildman–Crippen MR) is 59.9 cm³/mol. The Hall–Kier alpha value is -1.48. The summed E-state index contributed by atoms with van der Waals surface area (Å²) in [4.78, 5) is 3.07. The molecule has 1 aromatic carbocycles. The van der Waals surface area contributed by atoms with E-state index in [-0.39, 0.29) is 5.75 Å². The van der Waals surface area contributed by atoms with Crippen molar-refractivity contribution in [2.75, 3.05) is 0 Å². The van der Waals surface area contributed by atoms with Crippen LogP contribution in [0.25, 0.3) is 10.9 Å². The zero-order chi connectivity index (χ0) is 11.2. The second-order valence-electron chi connectivity index (χ2n) is 4.41. The van der Waals surface area contributed by atoms with Crippen molar-refractivity contribution in [3.63, 3.8) is 0 Å². The van der Waals surface area contributed by atoms with E-state index in [0.717, 1.165) is 16.5 Å². The highest BCUT2D eigenvalue weighted by molar-refractivity contribution is 5.90. The van der Waals surface area contributed by atoms with Crippen LogP contribution in [0.5, 0.6) is 5.75 Å². The molecule has 0 spiro atoms. The van der Waals surface area contributed by atoms with Crippen LogP contribution in [0.15, 0.2) is 18.3 Å². The van der Waals surface area contributed by atoms with E-state index in [0.29, 0.717) is 5.56 Å². The van der Waals surface area contributed by atoms with Crippen molar-refractivity contribution in [1.29, 1.82) is 0 Å². The summed E-state index contributed by atoms with van der Waals surface area (Å²) in [5.41, 5.74) is 1.39. The van der Waals surface area contributed by atoms with E-state index in [9.17, 15) is 10.2 Å². The van der Waals surface area contributed by atoms with Crippen molar-refractivity contribution < 1.29 is 10.2 Å². The first-order chi connectivity index (χ1) is 6.91. The highest BCUT2D eigenvalue weighted by atomic mass is 16.3. The van der Waals surface area contributed by atoms with Crippen LogP contribution in [-0.4, -0.2) is 15.2 Å². The maximum Gasteiger partial charge on any atom is 0.131 e. The fourth-order valence-corrected chi connectivity index (χ4v) is 1.86. The Bertz CT molecular complexity index is 506. The quantitative estimate of drug-likeness (QED) is 0.669. The van der Waals surface area contributed by atoms with Gasteiger partial charge in [0.15, 0.2) is 0 Å². The SMILES string of the molecule is Cc1c[nH]c2ccc(C(C)(C)O)c(O)c12. The van der Waals surface area contributed by atoms with Gasteiger partial charge in [-0.3, -0.25) is 0 Å². The van der Waals surface area contributed by atoms with E-state index in [1.54, 1.807) is 19.9 Å². The van der Waals surface area contributed by atoms with Gasteiger partial charge in [0.05, 0.1) is 5.60 Å². The molecule has 0 fully saturated rings. The number of benzene rings is 1. The largest absolute Gasteiger partial charge is 0.507 e. The van der Waals surface area contributed by atoms with E-state index in [1.807, 2.05) is 19.2 Å². The highest BCUT2D eigenvalue weighted by Gasteiger charge is 2.22. The second kappa shape index (κ2) is 3.00. The summed E-state index contributed by atoms with van der Waals surface area (Å²) in [6.45, 7) is 5.25. The first-order valence-electron chi connectivity index (χ1n) is 4.94. The molecule has 2 aromatic rings. The number of aromatic amines is 1. The van der Waals surface area contributed by atoms with Crippen molar-refractivity contribution in [1.82, 2.24) is 4.98 Å². The van der Waals surface area contributed by atoms with Crippen LogP contribution < -0.4 is 0 Å². The molecule has 0 amide bonds. The molecule has 0 saturated heterocycles. The topological polar surface area (TPSA) is 56.2 Å². The number of aromatic hydroxyl groups is 1. The summed E-state index contributed by atoms with van der Waals surface area (Å²) in [5, 5.41) is 20.7. The van der Waals surface area contributed by atoms with E-state index in [1.165, 1.54) is 0 Å². The molecule has 3 N–H and O–H groups in total. The third kappa shape index (κ3) is 1.49. The van der Waals surface area contributed by atoms with Crippen molar-refractivity contribution >= 4 is 10.9 Å². The van der Waals surface area contributed by atoms with Crippen molar-refractivity contribution in [3.8, 4) is 5.75 Å². The fourth-order valence-electron chi connectivity index (χ4n) is 1.86. The van der Waals surface area contributed by atoms with Crippen LogP contribution in [0.4, 0.5) is 0 Å². The number of hydrogen-bond acceptors (Lipinski definition) is 2. The average molecular weight is 205 g/mol. The van der Waals surface area contributed by atoms with Gasteiger partial charge in [0, 0.05) is 22.7 Å². The molecule has 3 heteroatoms. The molecular formula is C12H15NO2. The smallest absolute Gasteiger partial charge is 0.131 e. The molecule has 3 nitrogen and oxygen atoms in total. The second-order valence-corrected chi connectivity index (χ2v) is 4.41. The van der Waals surface area contributed by atoms with Crippen LogP contribution in [0.3, 0.4) is 0 Å². The van der Waals surface area contributed by atoms with Crippen LogP contribution in [0.1, 0.15) is 25.0 Å². The number of aryl methyl sites for hydroxylation is 1. The molecule has 1 aromatic heterocycles. The number of phenolic OH excluding ortho intramolecular Hbond substituents is 1. The van der Waals surface area contributed by atoms with Crippen molar-refractivity contribution in [3.05, 3.63) is 29.5 Å². The number of aliphatic hydroxyl groups is 1. The summed E-state index contributed by atoms with van der Waals surface area (Å²) in [6.07, 6.45) is 1.85. The van der Waals surface area contributed by atoms with Crippen LogP contribution in [-0.2, 0) is 5.60 Å². The molecule has 1 heterocycles. The molecule has 0 aliphatic rings. The number of fused-ring (bicyclic) bond motifs is 1. The zero-order valence-electron chi connectivity index (χ0n) is 9.13. The Morgan fingerprint density at radius 1 is 1.27 bits per heavy atom. The molecule has 2 rings (SSSR count). The minimum absolute atomic E-state index is 0.166. The fraction of sp³-hybridized carbons (Fsp3) is 0.333. The first-order valence-corrected chi connectivity index (χ1v) is 4.94. The Labute approximate surface area is 88.4 Å². The Morgan fingerprint density at radius 2 is 1.93 bits per heavy atom. The van der Waals surface area contributed by atoms with Crippen molar-refractivity contribution in [2.24, 2.45) is 0 Å². The van der Waals surface area contributed by atoms with Crippen molar-refractivity contribution in [2.45, 2.75) is 26.4 Å². The number of H-pyrrole nitrogens is 1. The molecule has 0 unspecified atom stereocenters. The molecule has 0 radical (unpaired) electrons. The van der Waals surface area contributed by atoms with Gasteiger partial charge in [-0.05, 0) is 32.4 Å². The van der Waals surface area contributed by atoms with Crippen LogP contribution >= 0.6 is 0 Å². The summed E-state index contributed by atoms with van der Waals surface area (Å²) in [6, 6.07) is 3.61. The lowest BCUT2D eigenvalue weighted by atomic mass is 9.95. The minimum atomic E-state index is -1.03. The molecule has 0 saturated carbocycles. The number of hydrogen-bond donors (Lipinski definition) is 3. The number of rotatable bonds is 1. The van der Waals surface area contributed by atoms with Gasteiger partial charge in [0.2, 0.25) is 0 Å². The van der Waals surface area contributed by atoms with Gasteiger partial charge in [-0.15, -0.1) is 0 Å². The predicted octanol–water partition coefficient (Wildman–Crippen LogP) is 2.41. The Morgan fingerprint density at radius 3 is 2.53 bits per heavy atom. The lowest BCUT2D eigenvalue weighted by Gasteiger charge is -2.19. The molecular weight excluding hydrogens is 190 g/mol. The Balaban J connectivity index is 2.80. The standard InChI is InChI=1S/C12H15NO2/c1-7-6-13-9-5-4-8(12(2,3)15)11(14)10(7)9/h4-6,13-15H,1-3H3. The molecule has 0 atom stereocenters. The van der Waals surface area contributed by atoms with Gasteiger partial charge >= 0.3 is 0 Å². The molecule has 0 aliphatic carbocycles. The van der Waals surface area contributed by atoms with Gasteiger partial charge in [-0.25, -0.2) is 0 Å². The molecule has 15 heavy (non-hydrogen) atoms. The van der Waals surface area contributed by atoms with Gasteiger partial charge in [-0.2, -0.15) is 0 Å². The number of aromatic nitrogens is 1. The number of phenols is 1. The molecule has 0 aliphatic heterocycles. The van der Waals surface area contributed by atoms with Gasteiger partial charge in [-0.1, -0.05) is 6.07 Å². The average Bonchev–Trinajstić information content (AvgIpc) is 2.46. The van der Waals surface area contributed by atoms with Crippen LogP contribution in [0, 0.1) is 6.92 Å². The maximum atomic E-state index is 10.1. The van der Waals surface area contributed by atoms with E-state index < -0.39 is 5.60 Å². The number of nitrogens with one attached hydrogen (secondary N) is 1. The van der Waals surface area contributed by atoms with Crippen LogP contribution in [0.2, 0.25) is 0 Å². The first kappa shape index (κ1) is 10.1. The summed E-state index contributed by atoms with van der Waals surface area (Å²) in [7, 11) is 0. The van der Waals surface area contributed by atoms with Gasteiger partial charge in [0.1, 0.15) is 5.75 Å².